The van der Waals surface area contributed by atoms with Gasteiger partial charge < -0.3 is 10.0 Å². The molecule has 4 rings (SSSR count). The van der Waals surface area contributed by atoms with Gasteiger partial charge in [-0.25, -0.2) is 0 Å². The number of rotatable bonds is 4. The fraction of sp³-hybridized carbons (Fsp3) is 0.381. The molecule has 1 aromatic heterocycles. The van der Waals surface area contributed by atoms with Crippen LogP contribution in [0.15, 0.2) is 48.8 Å². The zero-order chi connectivity index (χ0) is 18.1. The van der Waals surface area contributed by atoms with Crippen LogP contribution in [0.25, 0.3) is 11.1 Å². The number of carbonyl (C=O) groups is 1. The molecule has 1 N–H and O–H groups in total. The van der Waals surface area contributed by atoms with Gasteiger partial charge in [-0.15, -0.1) is 0 Å². The predicted molar refractivity (Wildman–Crippen MR) is 96.9 cm³/mol. The number of nitriles is 1. The maximum Gasteiger partial charge on any atom is 0.227 e. The highest BCUT2D eigenvalue weighted by molar-refractivity contribution is 5.82. The van der Waals surface area contributed by atoms with Gasteiger partial charge in [0, 0.05) is 24.2 Å². The van der Waals surface area contributed by atoms with Crippen molar-refractivity contribution in [3.8, 4) is 17.2 Å². The lowest BCUT2D eigenvalue weighted by Crippen LogP contribution is -2.66. The first-order valence-corrected chi connectivity index (χ1v) is 9.07. The van der Waals surface area contributed by atoms with Gasteiger partial charge >= 0.3 is 0 Å². The highest BCUT2D eigenvalue weighted by atomic mass is 16.3. The average Bonchev–Trinajstić information content (AvgIpc) is 2.61. The molecule has 2 aromatic rings. The molecule has 1 aliphatic carbocycles. The second-order valence-corrected chi connectivity index (χ2v) is 7.09. The minimum absolute atomic E-state index is 0.0325. The van der Waals surface area contributed by atoms with E-state index in [2.05, 4.69) is 11.1 Å². The number of aromatic nitrogens is 1. The molecule has 1 saturated carbocycles. The smallest absolute Gasteiger partial charge is 0.227 e. The molecule has 132 valence electrons. The van der Waals surface area contributed by atoms with Crippen LogP contribution in [-0.4, -0.2) is 39.6 Å². The predicted octanol–water partition coefficient (Wildman–Crippen LogP) is 2.73. The zero-order valence-corrected chi connectivity index (χ0v) is 14.5. The van der Waals surface area contributed by atoms with Crippen LogP contribution in [0.2, 0.25) is 0 Å². The summed E-state index contributed by atoms with van der Waals surface area (Å²) in [5.41, 5.74) is 3.07. The number of amides is 1. The third-order valence-corrected chi connectivity index (χ3v) is 5.73. The van der Waals surface area contributed by atoms with Gasteiger partial charge in [0.25, 0.3) is 0 Å². The minimum atomic E-state index is -0.496. The maximum absolute atomic E-state index is 12.6. The molecule has 3 atom stereocenters. The van der Waals surface area contributed by atoms with E-state index >= 15 is 0 Å². The molecule has 0 unspecified atom stereocenters. The van der Waals surface area contributed by atoms with Crippen molar-refractivity contribution in [1.29, 1.82) is 5.26 Å². The van der Waals surface area contributed by atoms with E-state index in [0.717, 1.165) is 36.0 Å². The first-order valence-electron chi connectivity index (χ1n) is 9.07. The SMILES string of the molecule is N#C[C@@H]1[C@@H](c2ccc(-c3cccnc3)cc2)[C@H](CO)N1C(=O)C1CCC1. The van der Waals surface area contributed by atoms with Crippen LogP contribution in [0, 0.1) is 17.2 Å². The van der Waals surface area contributed by atoms with E-state index in [9.17, 15) is 15.2 Å². The number of hydrogen-bond acceptors (Lipinski definition) is 4. The van der Waals surface area contributed by atoms with Crippen molar-refractivity contribution in [3.05, 3.63) is 54.4 Å². The summed E-state index contributed by atoms with van der Waals surface area (Å²) in [5.74, 6) is -0.0733. The first kappa shape index (κ1) is 16.7. The van der Waals surface area contributed by atoms with Gasteiger partial charge in [-0.05, 0) is 35.6 Å². The van der Waals surface area contributed by atoms with Crippen LogP contribution < -0.4 is 0 Å². The molecular weight excluding hydrogens is 326 g/mol. The van der Waals surface area contributed by atoms with Crippen molar-refractivity contribution in [2.45, 2.75) is 37.3 Å². The average molecular weight is 347 g/mol. The first-order chi connectivity index (χ1) is 12.7. The second kappa shape index (κ2) is 6.89. The van der Waals surface area contributed by atoms with Gasteiger partial charge in [0.15, 0.2) is 0 Å². The molecule has 1 aromatic carbocycles. The lowest BCUT2D eigenvalue weighted by Gasteiger charge is -2.53. The second-order valence-electron chi connectivity index (χ2n) is 7.09. The number of carbonyl (C=O) groups excluding carboxylic acids is 1. The quantitative estimate of drug-likeness (QED) is 0.922. The van der Waals surface area contributed by atoms with Crippen molar-refractivity contribution >= 4 is 5.91 Å². The molecule has 0 spiro atoms. The Morgan fingerprint density at radius 2 is 2.00 bits per heavy atom. The molecule has 2 aliphatic rings. The van der Waals surface area contributed by atoms with E-state index in [0.29, 0.717) is 0 Å². The van der Waals surface area contributed by atoms with Gasteiger partial charge in [-0.3, -0.25) is 9.78 Å². The Labute approximate surface area is 152 Å². The van der Waals surface area contributed by atoms with Crippen LogP contribution in [0.4, 0.5) is 0 Å². The molecule has 5 nitrogen and oxygen atoms in total. The molecule has 5 heteroatoms. The number of nitrogens with zero attached hydrogens (tertiary/aromatic N) is 3. The molecule has 2 heterocycles. The lowest BCUT2D eigenvalue weighted by molar-refractivity contribution is -0.154. The summed E-state index contributed by atoms with van der Waals surface area (Å²) >= 11 is 0. The van der Waals surface area contributed by atoms with Gasteiger partial charge in [-0.1, -0.05) is 36.8 Å². The number of pyridine rings is 1. The summed E-state index contributed by atoms with van der Waals surface area (Å²) in [4.78, 5) is 18.4. The third-order valence-electron chi connectivity index (χ3n) is 5.73. The Kier molecular flexibility index (Phi) is 4.44. The molecule has 2 fully saturated rings. The topological polar surface area (TPSA) is 77.2 Å². The maximum atomic E-state index is 12.6. The van der Waals surface area contributed by atoms with E-state index in [1.165, 1.54) is 0 Å². The molecule has 1 aliphatic heterocycles. The van der Waals surface area contributed by atoms with Gasteiger partial charge in [0.1, 0.15) is 6.04 Å². The zero-order valence-electron chi connectivity index (χ0n) is 14.5. The largest absolute Gasteiger partial charge is 0.394 e. The summed E-state index contributed by atoms with van der Waals surface area (Å²) in [6.45, 7) is -0.119. The molecular formula is C21H21N3O2. The fourth-order valence-corrected chi connectivity index (χ4v) is 4.01. The number of aliphatic hydroxyl groups excluding tert-OH is 1. The number of aliphatic hydroxyl groups is 1. The van der Waals surface area contributed by atoms with Crippen molar-refractivity contribution in [2.75, 3.05) is 6.61 Å². The number of likely N-dealkylation sites (tertiary alicyclic amines) is 1. The standard InChI is InChI=1S/C21H21N3O2/c22-11-18-20(19(13-25)24(18)21(26)16-3-1-4-16)15-8-6-14(7-9-15)17-5-2-10-23-12-17/h2,5-10,12,16,18-20,25H,1,3-4,13H2/t18-,19+,20-/m1/s1. The highest BCUT2D eigenvalue weighted by Crippen LogP contribution is 2.43. The molecule has 0 radical (unpaired) electrons. The summed E-state index contributed by atoms with van der Waals surface area (Å²) in [5, 5.41) is 19.5. The normalized spacial score (nSPS) is 25.1. The van der Waals surface area contributed by atoms with Crippen LogP contribution in [0.3, 0.4) is 0 Å². The van der Waals surface area contributed by atoms with E-state index in [4.69, 9.17) is 0 Å². The molecule has 1 amide bonds. The number of benzene rings is 1. The van der Waals surface area contributed by atoms with Crippen LogP contribution in [0.5, 0.6) is 0 Å². The Balaban J connectivity index is 1.56. The summed E-state index contributed by atoms with van der Waals surface area (Å²) in [7, 11) is 0. The lowest BCUT2D eigenvalue weighted by atomic mass is 9.73. The van der Waals surface area contributed by atoms with Crippen molar-refractivity contribution < 1.29 is 9.90 Å². The summed E-state index contributed by atoms with van der Waals surface area (Å²) in [6.07, 6.45) is 6.42. The number of hydrogen-bond donors (Lipinski definition) is 1. The minimum Gasteiger partial charge on any atom is -0.394 e. The third kappa shape index (κ3) is 2.67. The van der Waals surface area contributed by atoms with E-state index in [-0.39, 0.29) is 30.4 Å². The summed E-state index contributed by atoms with van der Waals surface area (Å²) in [6, 6.07) is 13.4. The Bertz CT molecular complexity index is 825. The highest BCUT2D eigenvalue weighted by Gasteiger charge is 2.53. The van der Waals surface area contributed by atoms with Crippen LogP contribution in [-0.2, 0) is 4.79 Å². The van der Waals surface area contributed by atoms with Crippen LogP contribution >= 0.6 is 0 Å². The van der Waals surface area contributed by atoms with Crippen molar-refractivity contribution in [3.63, 3.8) is 0 Å². The molecule has 26 heavy (non-hydrogen) atoms. The van der Waals surface area contributed by atoms with Crippen molar-refractivity contribution in [2.24, 2.45) is 5.92 Å². The van der Waals surface area contributed by atoms with Crippen molar-refractivity contribution in [1.82, 2.24) is 9.88 Å². The molecule has 1 saturated heterocycles. The Morgan fingerprint density at radius 3 is 2.54 bits per heavy atom. The van der Waals surface area contributed by atoms with E-state index < -0.39 is 6.04 Å². The van der Waals surface area contributed by atoms with Gasteiger partial charge in [-0.2, -0.15) is 5.26 Å². The monoisotopic (exact) mass is 347 g/mol. The van der Waals surface area contributed by atoms with E-state index in [1.54, 1.807) is 11.1 Å². The Morgan fingerprint density at radius 1 is 1.23 bits per heavy atom. The fourth-order valence-electron chi connectivity index (χ4n) is 4.01. The summed E-state index contributed by atoms with van der Waals surface area (Å²) < 4.78 is 0. The Hall–Kier alpha value is -2.71. The van der Waals surface area contributed by atoms with Gasteiger partial charge in [0.05, 0.1) is 18.7 Å². The molecule has 0 bridgehead atoms. The van der Waals surface area contributed by atoms with Crippen LogP contribution in [0.1, 0.15) is 30.7 Å². The van der Waals surface area contributed by atoms with Gasteiger partial charge in [0.2, 0.25) is 5.91 Å². The van der Waals surface area contributed by atoms with E-state index in [1.807, 2.05) is 42.6 Å².